The van der Waals surface area contributed by atoms with E-state index in [0.29, 0.717) is 23.0 Å². The van der Waals surface area contributed by atoms with Crippen LogP contribution in [0.2, 0.25) is 0 Å². The first kappa shape index (κ1) is 24.9. The van der Waals surface area contributed by atoms with Gasteiger partial charge in [0.2, 0.25) is 17.6 Å². The number of hydrogen-bond acceptors (Lipinski definition) is 7. The first-order valence-corrected chi connectivity index (χ1v) is 10.2. The number of amides is 1. The molecule has 1 atom stereocenters. The van der Waals surface area contributed by atoms with Gasteiger partial charge in [0.05, 0.1) is 11.3 Å². The molecule has 1 aromatic carbocycles. The van der Waals surface area contributed by atoms with E-state index in [2.05, 4.69) is 44.1 Å². The molecule has 1 saturated heterocycles. The lowest BCUT2D eigenvalue weighted by atomic mass is 10.0. The minimum atomic E-state index is -5.08. The number of piperazine rings is 1. The Bertz CT molecular complexity index is 1110. The van der Waals surface area contributed by atoms with Crippen molar-refractivity contribution >= 4 is 11.9 Å². The topological polar surface area (TPSA) is 142 Å². The lowest BCUT2D eigenvalue weighted by molar-refractivity contribution is -0.192. The molecule has 1 unspecified atom stereocenters. The lowest BCUT2D eigenvalue weighted by Crippen LogP contribution is -2.46. The fourth-order valence-electron chi connectivity index (χ4n) is 3.35. The Morgan fingerprint density at radius 1 is 1.18 bits per heavy atom. The average Bonchev–Trinajstić information content (AvgIpc) is 3.46. The lowest BCUT2D eigenvalue weighted by Gasteiger charge is -2.36. The van der Waals surface area contributed by atoms with E-state index in [1.165, 1.54) is 0 Å². The Morgan fingerprint density at radius 2 is 1.79 bits per heavy atom. The van der Waals surface area contributed by atoms with E-state index in [9.17, 15) is 18.0 Å². The zero-order chi connectivity index (χ0) is 24.9. The molecular formula is C21H23F3N6O4. The first-order valence-electron chi connectivity index (χ1n) is 10.2. The van der Waals surface area contributed by atoms with Crippen molar-refractivity contribution in [1.82, 2.24) is 24.9 Å². The van der Waals surface area contributed by atoms with Crippen molar-refractivity contribution in [2.45, 2.75) is 12.2 Å². The third kappa shape index (κ3) is 6.20. The quantitative estimate of drug-likeness (QED) is 0.504. The van der Waals surface area contributed by atoms with Gasteiger partial charge in [-0.25, -0.2) is 4.79 Å². The number of rotatable bonds is 5. The summed E-state index contributed by atoms with van der Waals surface area (Å²) >= 11 is 0. The van der Waals surface area contributed by atoms with Crippen LogP contribution in [-0.4, -0.2) is 81.3 Å². The molecule has 1 amide bonds. The van der Waals surface area contributed by atoms with E-state index < -0.39 is 18.1 Å². The molecule has 1 aliphatic heterocycles. The predicted molar refractivity (Wildman–Crippen MR) is 114 cm³/mol. The van der Waals surface area contributed by atoms with E-state index in [-0.39, 0.29) is 6.04 Å². The number of benzene rings is 1. The monoisotopic (exact) mass is 480 g/mol. The number of likely N-dealkylation sites (N-methyl/N-ethyl adjacent to an activating group) is 1. The number of hydrogen-bond donors (Lipinski definition) is 3. The van der Waals surface area contributed by atoms with Crippen LogP contribution in [0.5, 0.6) is 0 Å². The van der Waals surface area contributed by atoms with Crippen molar-refractivity contribution in [2.75, 3.05) is 33.2 Å². The Hall–Kier alpha value is -3.71. The molecule has 3 heterocycles. The minimum Gasteiger partial charge on any atom is -0.475 e. The van der Waals surface area contributed by atoms with E-state index in [1.54, 1.807) is 12.3 Å². The summed E-state index contributed by atoms with van der Waals surface area (Å²) in [6.45, 7) is 3.82. The Kier molecular flexibility index (Phi) is 7.68. The average molecular weight is 480 g/mol. The van der Waals surface area contributed by atoms with E-state index in [4.69, 9.17) is 20.2 Å². The molecule has 0 saturated carbocycles. The van der Waals surface area contributed by atoms with Crippen molar-refractivity contribution in [1.29, 1.82) is 0 Å². The van der Waals surface area contributed by atoms with Crippen LogP contribution in [0.4, 0.5) is 13.2 Å². The number of aromatic nitrogens is 3. The molecule has 4 rings (SSSR count). The third-order valence-electron chi connectivity index (χ3n) is 5.14. The van der Waals surface area contributed by atoms with Gasteiger partial charge in [-0.15, -0.1) is 0 Å². The fraction of sp³-hybridized carbons (Fsp3) is 0.333. The highest BCUT2D eigenvalue weighted by molar-refractivity contribution is 5.93. The van der Waals surface area contributed by atoms with Crippen molar-refractivity contribution < 1.29 is 32.4 Å². The highest BCUT2D eigenvalue weighted by Gasteiger charge is 2.38. The smallest absolute Gasteiger partial charge is 0.475 e. The fourth-order valence-corrected chi connectivity index (χ4v) is 3.35. The maximum absolute atomic E-state index is 11.3. The molecule has 0 radical (unpaired) electrons. The van der Waals surface area contributed by atoms with Crippen LogP contribution in [0.3, 0.4) is 0 Å². The second-order valence-electron chi connectivity index (χ2n) is 7.58. The zero-order valence-electron chi connectivity index (χ0n) is 18.1. The van der Waals surface area contributed by atoms with Gasteiger partial charge in [-0.3, -0.25) is 9.69 Å². The molecule has 3 aromatic rings. The van der Waals surface area contributed by atoms with Crippen LogP contribution in [0.1, 0.15) is 27.9 Å². The molecule has 0 bridgehead atoms. The summed E-state index contributed by atoms with van der Waals surface area (Å²) in [5.41, 5.74) is 7.41. The van der Waals surface area contributed by atoms with Gasteiger partial charge in [-0.1, -0.05) is 35.5 Å². The molecule has 182 valence electrons. The van der Waals surface area contributed by atoms with Crippen molar-refractivity contribution in [3.8, 4) is 11.5 Å². The Labute approximate surface area is 192 Å². The second-order valence-corrected chi connectivity index (χ2v) is 7.58. The number of carboxylic acid groups (broad SMARTS) is 1. The number of aromatic amines is 1. The molecule has 0 aliphatic carbocycles. The number of nitrogens with two attached hydrogens (primary N) is 1. The van der Waals surface area contributed by atoms with Gasteiger partial charge in [0.15, 0.2) is 0 Å². The number of alkyl halides is 3. The van der Waals surface area contributed by atoms with E-state index in [1.807, 2.05) is 18.2 Å². The number of carbonyl (C=O) groups excluding carboxylic acids is 1. The van der Waals surface area contributed by atoms with Crippen LogP contribution in [0.15, 0.2) is 47.1 Å². The summed E-state index contributed by atoms with van der Waals surface area (Å²) in [6.07, 6.45) is -3.54. The highest BCUT2D eigenvalue weighted by Crippen LogP contribution is 2.29. The SMILES string of the molecule is CN1CCN(C(c2ccccc2)c2nc(-c3cc(C(N)=O)c[nH]3)no2)CC1.O=C(O)C(F)(F)F. The number of primary amides is 1. The van der Waals surface area contributed by atoms with Crippen molar-refractivity contribution in [3.63, 3.8) is 0 Å². The van der Waals surface area contributed by atoms with Crippen molar-refractivity contribution in [2.24, 2.45) is 5.73 Å². The largest absolute Gasteiger partial charge is 0.490 e. The summed E-state index contributed by atoms with van der Waals surface area (Å²) in [5, 5.41) is 11.2. The van der Waals surface area contributed by atoms with E-state index in [0.717, 1.165) is 31.7 Å². The Balaban J connectivity index is 0.000000406. The number of halogens is 3. The number of carbonyl (C=O) groups is 2. The maximum atomic E-state index is 11.3. The molecule has 2 aromatic heterocycles. The minimum absolute atomic E-state index is 0.105. The summed E-state index contributed by atoms with van der Waals surface area (Å²) in [7, 11) is 2.13. The maximum Gasteiger partial charge on any atom is 0.490 e. The van der Waals surface area contributed by atoms with Gasteiger partial charge >= 0.3 is 12.1 Å². The van der Waals surface area contributed by atoms with Crippen LogP contribution in [-0.2, 0) is 4.79 Å². The van der Waals surface area contributed by atoms with Gasteiger partial charge in [0.25, 0.3) is 0 Å². The van der Waals surface area contributed by atoms with Crippen LogP contribution >= 0.6 is 0 Å². The summed E-state index contributed by atoms with van der Waals surface area (Å²) in [5.74, 6) is -2.31. The molecule has 1 aliphatic rings. The molecular weight excluding hydrogens is 457 g/mol. The van der Waals surface area contributed by atoms with Crippen LogP contribution in [0, 0.1) is 0 Å². The number of H-pyrrole nitrogens is 1. The molecule has 13 heteroatoms. The predicted octanol–water partition coefficient (Wildman–Crippen LogP) is 2.13. The summed E-state index contributed by atoms with van der Waals surface area (Å²) in [4.78, 5) is 32.4. The summed E-state index contributed by atoms with van der Waals surface area (Å²) in [6, 6.07) is 11.7. The summed E-state index contributed by atoms with van der Waals surface area (Å²) < 4.78 is 37.4. The highest BCUT2D eigenvalue weighted by atomic mass is 19.4. The Morgan fingerprint density at radius 3 is 2.32 bits per heavy atom. The number of nitrogens with zero attached hydrogens (tertiary/aromatic N) is 4. The molecule has 34 heavy (non-hydrogen) atoms. The second kappa shape index (κ2) is 10.5. The van der Waals surface area contributed by atoms with Gasteiger partial charge in [0.1, 0.15) is 6.04 Å². The number of nitrogens with one attached hydrogen (secondary N) is 1. The van der Waals surface area contributed by atoms with Gasteiger partial charge < -0.3 is 25.2 Å². The number of carboxylic acids is 1. The van der Waals surface area contributed by atoms with Gasteiger partial charge in [-0.05, 0) is 18.7 Å². The molecule has 1 fully saturated rings. The third-order valence-corrected chi connectivity index (χ3v) is 5.14. The molecule has 4 N–H and O–H groups in total. The molecule has 0 spiro atoms. The first-order chi connectivity index (χ1) is 16.1. The van der Waals surface area contributed by atoms with Gasteiger partial charge in [-0.2, -0.15) is 18.2 Å². The van der Waals surface area contributed by atoms with E-state index >= 15 is 0 Å². The van der Waals surface area contributed by atoms with Crippen molar-refractivity contribution in [3.05, 3.63) is 59.6 Å². The van der Waals surface area contributed by atoms with Crippen LogP contribution in [0.25, 0.3) is 11.5 Å². The van der Waals surface area contributed by atoms with Crippen LogP contribution < -0.4 is 5.73 Å². The standard InChI is InChI=1S/C19H22N6O2.C2HF3O2/c1-24-7-9-25(10-8-24)16(13-5-3-2-4-6-13)19-22-18(23-27-19)15-11-14(12-21-15)17(20)26;3-2(4,5)1(6)7/h2-6,11-12,16,21H,7-10H2,1H3,(H2,20,26);(H,6,7). The normalized spacial score (nSPS) is 15.9. The molecule has 10 nitrogen and oxygen atoms in total. The number of aliphatic carboxylic acids is 1. The van der Waals surface area contributed by atoms with Gasteiger partial charge in [0, 0.05) is 32.4 Å². The zero-order valence-corrected chi connectivity index (χ0v) is 18.1.